The Morgan fingerprint density at radius 2 is 2.10 bits per heavy atom. The molecule has 1 aromatic heterocycles. The van der Waals surface area contributed by atoms with E-state index in [0.29, 0.717) is 24.9 Å². The summed E-state index contributed by atoms with van der Waals surface area (Å²) in [6.45, 7) is 3.33. The molecule has 1 saturated carbocycles. The first-order valence-corrected chi connectivity index (χ1v) is 7.70. The largest absolute Gasteiger partial charge is 0.364 e. The Morgan fingerprint density at radius 1 is 1.33 bits per heavy atom. The smallest absolute Gasteiger partial charge is 0.329 e. The summed E-state index contributed by atoms with van der Waals surface area (Å²) in [4.78, 5) is 18.7. The molecule has 2 N–H and O–H groups in total. The third kappa shape index (κ3) is 4.54. The van der Waals surface area contributed by atoms with E-state index in [1.165, 1.54) is 38.3 Å². The van der Waals surface area contributed by atoms with Crippen LogP contribution in [0.3, 0.4) is 0 Å². The van der Waals surface area contributed by atoms with Crippen molar-refractivity contribution in [2.45, 2.75) is 45.4 Å². The summed E-state index contributed by atoms with van der Waals surface area (Å²) in [7, 11) is 0. The highest BCUT2D eigenvalue weighted by molar-refractivity contribution is 5.56. The Labute approximate surface area is 124 Å². The minimum Gasteiger partial charge on any atom is -0.364 e. The van der Waals surface area contributed by atoms with Gasteiger partial charge in [-0.1, -0.05) is 32.1 Å². The average molecular weight is 293 g/mol. The molecule has 7 heteroatoms. The Bertz CT molecular complexity index is 474. The average Bonchev–Trinajstić information content (AvgIpc) is 2.49. The molecule has 0 spiro atoms. The SMILES string of the molecule is CCNc1ncc([N+](=O)[O-])c(NCCC2CCCCC2)n1. The number of rotatable bonds is 7. The lowest BCUT2D eigenvalue weighted by Gasteiger charge is -2.21. The second kappa shape index (κ2) is 7.75. The number of nitro groups is 1. The van der Waals surface area contributed by atoms with Crippen LogP contribution >= 0.6 is 0 Å². The van der Waals surface area contributed by atoms with Crippen LogP contribution in [0.15, 0.2) is 6.20 Å². The second-order valence-electron chi connectivity index (χ2n) is 5.43. The molecule has 1 aliphatic carbocycles. The van der Waals surface area contributed by atoms with Gasteiger partial charge in [-0.15, -0.1) is 0 Å². The normalized spacial score (nSPS) is 15.7. The lowest BCUT2D eigenvalue weighted by molar-refractivity contribution is -0.384. The lowest BCUT2D eigenvalue weighted by Crippen LogP contribution is -2.14. The number of nitrogens with zero attached hydrogens (tertiary/aromatic N) is 3. The van der Waals surface area contributed by atoms with Gasteiger partial charge >= 0.3 is 5.69 Å². The maximum atomic E-state index is 11.0. The number of anilines is 2. The number of aromatic nitrogens is 2. The third-order valence-corrected chi connectivity index (χ3v) is 3.87. The van der Waals surface area contributed by atoms with E-state index in [4.69, 9.17) is 0 Å². The maximum absolute atomic E-state index is 11.0. The van der Waals surface area contributed by atoms with E-state index < -0.39 is 4.92 Å². The molecule has 0 radical (unpaired) electrons. The van der Waals surface area contributed by atoms with E-state index in [2.05, 4.69) is 20.6 Å². The molecule has 0 saturated heterocycles. The van der Waals surface area contributed by atoms with E-state index in [-0.39, 0.29) is 5.69 Å². The second-order valence-corrected chi connectivity index (χ2v) is 5.43. The van der Waals surface area contributed by atoms with Gasteiger partial charge in [0.15, 0.2) is 0 Å². The van der Waals surface area contributed by atoms with E-state index in [1.54, 1.807) is 0 Å². The third-order valence-electron chi connectivity index (χ3n) is 3.87. The van der Waals surface area contributed by atoms with Crippen molar-refractivity contribution in [3.05, 3.63) is 16.3 Å². The van der Waals surface area contributed by atoms with Crippen LogP contribution in [-0.2, 0) is 0 Å². The summed E-state index contributed by atoms with van der Waals surface area (Å²) in [6, 6.07) is 0. The number of hydrogen-bond donors (Lipinski definition) is 2. The molecule has 21 heavy (non-hydrogen) atoms. The first-order chi connectivity index (χ1) is 10.2. The highest BCUT2D eigenvalue weighted by atomic mass is 16.6. The van der Waals surface area contributed by atoms with Gasteiger partial charge in [0.1, 0.15) is 6.20 Å². The summed E-state index contributed by atoms with van der Waals surface area (Å²) < 4.78 is 0. The zero-order valence-electron chi connectivity index (χ0n) is 12.5. The highest BCUT2D eigenvalue weighted by Crippen LogP contribution is 2.27. The van der Waals surface area contributed by atoms with Crippen LogP contribution < -0.4 is 10.6 Å². The topological polar surface area (TPSA) is 93.0 Å². The maximum Gasteiger partial charge on any atom is 0.329 e. The molecule has 0 unspecified atom stereocenters. The molecule has 116 valence electrons. The summed E-state index contributed by atoms with van der Waals surface area (Å²) >= 11 is 0. The molecule has 0 aromatic carbocycles. The van der Waals surface area contributed by atoms with E-state index in [0.717, 1.165) is 12.3 Å². The monoisotopic (exact) mass is 293 g/mol. The van der Waals surface area contributed by atoms with Crippen LogP contribution in [0.4, 0.5) is 17.5 Å². The number of hydrogen-bond acceptors (Lipinski definition) is 6. The lowest BCUT2D eigenvalue weighted by atomic mass is 9.87. The fourth-order valence-electron chi connectivity index (χ4n) is 2.75. The van der Waals surface area contributed by atoms with Crippen LogP contribution in [0.1, 0.15) is 45.4 Å². The van der Waals surface area contributed by atoms with Crippen molar-refractivity contribution >= 4 is 17.5 Å². The first kappa shape index (κ1) is 15.5. The molecule has 7 nitrogen and oxygen atoms in total. The summed E-state index contributed by atoms with van der Waals surface area (Å²) in [6.07, 6.45) is 8.80. The summed E-state index contributed by atoms with van der Waals surface area (Å²) in [5.74, 6) is 1.46. The number of nitrogens with one attached hydrogen (secondary N) is 2. The first-order valence-electron chi connectivity index (χ1n) is 7.70. The molecule has 0 bridgehead atoms. The molecule has 2 rings (SSSR count). The van der Waals surface area contributed by atoms with Crippen molar-refractivity contribution in [3.63, 3.8) is 0 Å². The Hall–Kier alpha value is -1.92. The molecular formula is C14H23N5O2. The van der Waals surface area contributed by atoms with Crippen molar-refractivity contribution in [3.8, 4) is 0 Å². The highest BCUT2D eigenvalue weighted by Gasteiger charge is 2.18. The van der Waals surface area contributed by atoms with Gasteiger partial charge in [0.2, 0.25) is 11.8 Å². The van der Waals surface area contributed by atoms with Crippen molar-refractivity contribution in [2.75, 3.05) is 23.7 Å². The van der Waals surface area contributed by atoms with Crippen molar-refractivity contribution in [2.24, 2.45) is 5.92 Å². The Balaban J connectivity index is 1.95. The molecule has 1 aliphatic rings. The summed E-state index contributed by atoms with van der Waals surface area (Å²) in [5.41, 5.74) is -0.0692. The standard InChI is InChI=1S/C14H23N5O2/c1-2-15-14-17-10-12(19(20)21)13(18-14)16-9-8-11-6-4-3-5-7-11/h10-11H,2-9H2,1H3,(H2,15,16,17,18). The van der Waals surface area contributed by atoms with Crippen molar-refractivity contribution < 1.29 is 4.92 Å². The zero-order valence-corrected chi connectivity index (χ0v) is 12.5. The Morgan fingerprint density at radius 3 is 2.76 bits per heavy atom. The van der Waals surface area contributed by atoms with Crippen LogP contribution in [0.5, 0.6) is 0 Å². The quantitative estimate of drug-likeness (QED) is 0.592. The molecule has 1 fully saturated rings. The van der Waals surface area contributed by atoms with Crippen molar-refractivity contribution in [1.82, 2.24) is 9.97 Å². The van der Waals surface area contributed by atoms with Gasteiger partial charge in [-0.2, -0.15) is 4.98 Å². The minimum atomic E-state index is -0.446. The predicted octanol–water partition coefficient (Wildman–Crippen LogP) is 3.20. The molecule has 1 aromatic rings. The minimum absolute atomic E-state index is 0.0692. The van der Waals surface area contributed by atoms with E-state index in [9.17, 15) is 10.1 Å². The van der Waals surface area contributed by atoms with Gasteiger partial charge in [0.25, 0.3) is 0 Å². The Kier molecular flexibility index (Phi) is 5.71. The van der Waals surface area contributed by atoms with Gasteiger partial charge in [-0.3, -0.25) is 10.1 Å². The summed E-state index contributed by atoms with van der Waals surface area (Å²) in [5, 5.41) is 17.1. The fraction of sp³-hybridized carbons (Fsp3) is 0.714. The predicted molar refractivity (Wildman–Crippen MR) is 82.5 cm³/mol. The van der Waals surface area contributed by atoms with Crippen LogP contribution in [0.2, 0.25) is 0 Å². The van der Waals surface area contributed by atoms with E-state index in [1.807, 2.05) is 6.92 Å². The molecule has 0 amide bonds. The van der Waals surface area contributed by atoms with Gasteiger partial charge < -0.3 is 10.6 Å². The molecule has 0 aliphatic heterocycles. The van der Waals surface area contributed by atoms with Gasteiger partial charge in [0.05, 0.1) is 4.92 Å². The molecule has 1 heterocycles. The zero-order chi connectivity index (χ0) is 15.1. The van der Waals surface area contributed by atoms with Crippen molar-refractivity contribution in [1.29, 1.82) is 0 Å². The fourth-order valence-corrected chi connectivity index (χ4v) is 2.75. The van der Waals surface area contributed by atoms with Gasteiger partial charge in [-0.25, -0.2) is 4.98 Å². The molecule has 0 atom stereocenters. The van der Waals surface area contributed by atoms with Crippen LogP contribution in [0.25, 0.3) is 0 Å². The van der Waals surface area contributed by atoms with Crippen LogP contribution in [-0.4, -0.2) is 28.0 Å². The van der Waals surface area contributed by atoms with Gasteiger partial charge in [0, 0.05) is 13.1 Å². The molecular weight excluding hydrogens is 270 g/mol. The van der Waals surface area contributed by atoms with Gasteiger partial charge in [-0.05, 0) is 19.3 Å². The van der Waals surface area contributed by atoms with E-state index >= 15 is 0 Å². The van der Waals surface area contributed by atoms with Crippen LogP contribution in [0, 0.1) is 16.0 Å².